The van der Waals surface area contributed by atoms with Crippen LogP contribution < -0.4 is 11.3 Å². The number of aromatic nitrogens is 1. The first kappa shape index (κ1) is 11.4. The molecule has 1 heterocycles. The average molecular weight is 220 g/mol. The highest BCUT2D eigenvalue weighted by Crippen LogP contribution is 2.37. The van der Waals surface area contributed by atoms with Gasteiger partial charge in [0, 0.05) is 29.3 Å². The Morgan fingerprint density at radius 3 is 2.44 bits per heavy atom. The van der Waals surface area contributed by atoms with Gasteiger partial charge in [0.2, 0.25) is 0 Å². The van der Waals surface area contributed by atoms with E-state index in [1.165, 1.54) is 0 Å². The Bertz CT molecular complexity index is 450. The van der Waals surface area contributed by atoms with Crippen LogP contribution in [0.1, 0.15) is 50.9 Å². The van der Waals surface area contributed by atoms with Gasteiger partial charge in [0.15, 0.2) is 0 Å². The molecule has 16 heavy (non-hydrogen) atoms. The van der Waals surface area contributed by atoms with Gasteiger partial charge in [-0.2, -0.15) is 0 Å². The SMILES string of the molecule is CC(C)(C)c1ccc(CN)c(=O)n1C1CC1. The summed E-state index contributed by atoms with van der Waals surface area (Å²) >= 11 is 0. The molecule has 88 valence electrons. The van der Waals surface area contributed by atoms with E-state index in [0.717, 1.165) is 24.1 Å². The topological polar surface area (TPSA) is 48.0 Å². The third-order valence-corrected chi connectivity index (χ3v) is 3.10. The highest BCUT2D eigenvalue weighted by Gasteiger charge is 2.30. The predicted molar refractivity (Wildman–Crippen MR) is 65.6 cm³/mol. The zero-order valence-corrected chi connectivity index (χ0v) is 10.3. The summed E-state index contributed by atoms with van der Waals surface area (Å²) in [5.74, 6) is 0. The molecule has 3 nitrogen and oxygen atoms in total. The van der Waals surface area contributed by atoms with Crippen LogP contribution in [0.15, 0.2) is 16.9 Å². The number of rotatable bonds is 2. The maximum Gasteiger partial charge on any atom is 0.255 e. The van der Waals surface area contributed by atoms with Crippen molar-refractivity contribution in [2.24, 2.45) is 5.73 Å². The van der Waals surface area contributed by atoms with Gasteiger partial charge in [-0.1, -0.05) is 26.8 Å². The van der Waals surface area contributed by atoms with Crippen LogP contribution in [0.25, 0.3) is 0 Å². The van der Waals surface area contributed by atoms with Gasteiger partial charge in [0.05, 0.1) is 0 Å². The highest BCUT2D eigenvalue weighted by molar-refractivity contribution is 5.23. The second-order valence-electron chi connectivity index (χ2n) is 5.60. The first-order valence-electron chi connectivity index (χ1n) is 5.90. The summed E-state index contributed by atoms with van der Waals surface area (Å²) in [5.41, 5.74) is 7.55. The maximum atomic E-state index is 12.2. The van der Waals surface area contributed by atoms with Crippen molar-refractivity contribution in [1.29, 1.82) is 0 Å². The fraction of sp³-hybridized carbons (Fsp3) is 0.615. The molecule has 2 N–H and O–H groups in total. The quantitative estimate of drug-likeness (QED) is 0.828. The van der Waals surface area contributed by atoms with Crippen molar-refractivity contribution in [3.63, 3.8) is 0 Å². The van der Waals surface area contributed by atoms with Gasteiger partial charge in [-0.15, -0.1) is 0 Å². The first-order valence-corrected chi connectivity index (χ1v) is 5.90. The van der Waals surface area contributed by atoms with Crippen LogP contribution in [0.4, 0.5) is 0 Å². The van der Waals surface area contributed by atoms with Crippen molar-refractivity contribution in [2.45, 2.75) is 51.6 Å². The molecule has 0 radical (unpaired) electrons. The summed E-state index contributed by atoms with van der Waals surface area (Å²) in [6, 6.07) is 4.34. The van der Waals surface area contributed by atoms with E-state index < -0.39 is 0 Å². The molecule has 0 spiro atoms. The lowest BCUT2D eigenvalue weighted by Crippen LogP contribution is -2.31. The maximum absolute atomic E-state index is 12.2. The van der Waals surface area contributed by atoms with Gasteiger partial charge in [-0.25, -0.2) is 0 Å². The Morgan fingerprint density at radius 2 is 2.00 bits per heavy atom. The van der Waals surface area contributed by atoms with Crippen LogP contribution in [-0.2, 0) is 12.0 Å². The van der Waals surface area contributed by atoms with Gasteiger partial charge in [-0.3, -0.25) is 4.79 Å². The van der Waals surface area contributed by atoms with Crippen LogP contribution >= 0.6 is 0 Å². The molecule has 0 unspecified atom stereocenters. The van der Waals surface area contributed by atoms with Gasteiger partial charge in [0.25, 0.3) is 5.56 Å². The second-order valence-corrected chi connectivity index (χ2v) is 5.60. The summed E-state index contributed by atoms with van der Waals surface area (Å²) in [4.78, 5) is 12.2. The predicted octanol–water partition coefficient (Wildman–Crippen LogP) is 1.94. The van der Waals surface area contributed by atoms with Crippen molar-refractivity contribution >= 4 is 0 Å². The molecule has 1 aromatic rings. The molecule has 0 aromatic carbocycles. The van der Waals surface area contributed by atoms with Gasteiger partial charge in [0.1, 0.15) is 0 Å². The molecule has 3 heteroatoms. The number of nitrogens with zero attached hydrogens (tertiary/aromatic N) is 1. The van der Waals surface area contributed by atoms with Gasteiger partial charge < -0.3 is 10.3 Å². The molecule has 1 saturated carbocycles. The number of hydrogen-bond acceptors (Lipinski definition) is 2. The number of nitrogens with two attached hydrogens (primary N) is 1. The van der Waals surface area contributed by atoms with Crippen LogP contribution in [0.3, 0.4) is 0 Å². The van der Waals surface area contributed by atoms with Crippen LogP contribution in [0, 0.1) is 0 Å². The molecular weight excluding hydrogens is 200 g/mol. The molecule has 1 aliphatic rings. The monoisotopic (exact) mass is 220 g/mol. The summed E-state index contributed by atoms with van der Waals surface area (Å²) in [7, 11) is 0. The Kier molecular flexibility index (Phi) is 2.66. The smallest absolute Gasteiger partial charge is 0.255 e. The molecular formula is C13H20N2O. The third kappa shape index (κ3) is 1.92. The number of hydrogen-bond donors (Lipinski definition) is 1. The Morgan fingerprint density at radius 1 is 1.38 bits per heavy atom. The van der Waals surface area contributed by atoms with Gasteiger partial charge in [-0.05, 0) is 18.9 Å². The van der Waals surface area contributed by atoms with E-state index in [0.29, 0.717) is 12.6 Å². The molecule has 2 rings (SSSR count). The fourth-order valence-electron chi connectivity index (χ4n) is 2.06. The van der Waals surface area contributed by atoms with Gasteiger partial charge >= 0.3 is 0 Å². The summed E-state index contributed by atoms with van der Waals surface area (Å²) in [5, 5.41) is 0. The van der Waals surface area contributed by atoms with E-state index in [-0.39, 0.29) is 11.0 Å². The van der Waals surface area contributed by atoms with Crippen molar-refractivity contribution in [3.05, 3.63) is 33.7 Å². The Balaban J connectivity index is 2.62. The molecule has 0 atom stereocenters. The van der Waals surface area contributed by atoms with E-state index in [4.69, 9.17) is 5.73 Å². The first-order chi connectivity index (χ1) is 7.45. The van der Waals surface area contributed by atoms with E-state index in [9.17, 15) is 4.79 Å². The Hall–Kier alpha value is -1.09. The average Bonchev–Trinajstić information content (AvgIpc) is 2.99. The van der Waals surface area contributed by atoms with E-state index in [1.54, 1.807) is 0 Å². The standard InChI is InChI=1S/C13H20N2O/c1-13(2,3)11-7-4-9(8-14)12(16)15(11)10-5-6-10/h4,7,10H,5-6,8,14H2,1-3H3. The molecule has 1 aliphatic carbocycles. The lowest BCUT2D eigenvalue weighted by Gasteiger charge is -2.24. The van der Waals surface area contributed by atoms with Crippen molar-refractivity contribution in [3.8, 4) is 0 Å². The Labute approximate surface area is 96.3 Å². The number of pyridine rings is 1. The minimum Gasteiger partial charge on any atom is -0.326 e. The van der Waals surface area contributed by atoms with E-state index in [1.807, 2.05) is 10.6 Å². The zero-order valence-electron chi connectivity index (χ0n) is 10.3. The summed E-state index contributed by atoms with van der Waals surface area (Å²) in [6.45, 7) is 6.75. The highest BCUT2D eigenvalue weighted by atomic mass is 16.1. The lowest BCUT2D eigenvalue weighted by molar-refractivity contribution is 0.503. The zero-order chi connectivity index (χ0) is 11.9. The third-order valence-electron chi connectivity index (χ3n) is 3.10. The molecule has 0 saturated heterocycles. The van der Waals surface area contributed by atoms with Crippen molar-refractivity contribution in [1.82, 2.24) is 4.57 Å². The van der Waals surface area contributed by atoms with Crippen molar-refractivity contribution < 1.29 is 0 Å². The minimum atomic E-state index is 0.00881. The minimum absolute atomic E-state index is 0.00881. The molecule has 1 fully saturated rings. The summed E-state index contributed by atoms with van der Waals surface area (Å²) in [6.07, 6.45) is 2.24. The molecule has 0 amide bonds. The van der Waals surface area contributed by atoms with E-state index in [2.05, 4.69) is 26.8 Å². The van der Waals surface area contributed by atoms with Crippen LogP contribution in [0.5, 0.6) is 0 Å². The normalized spacial score (nSPS) is 16.5. The lowest BCUT2D eigenvalue weighted by atomic mass is 9.90. The molecule has 0 bridgehead atoms. The van der Waals surface area contributed by atoms with Crippen LogP contribution in [-0.4, -0.2) is 4.57 Å². The van der Waals surface area contributed by atoms with Crippen LogP contribution in [0.2, 0.25) is 0 Å². The fourth-order valence-corrected chi connectivity index (χ4v) is 2.06. The largest absolute Gasteiger partial charge is 0.326 e. The van der Waals surface area contributed by atoms with Crippen molar-refractivity contribution in [2.75, 3.05) is 0 Å². The summed E-state index contributed by atoms with van der Waals surface area (Å²) < 4.78 is 1.96. The van der Waals surface area contributed by atoms with E-state index >= 15 is 0 Å². The molecule has 0 aliphatic heterocycles. The second kappa shape index (κ2) is 3.74. The molecule has 1 aromatic heterocycles.